The molecule has 0 spiro atoms. The number of nitrogens with two attached hydrogens (primary N) is 1. The van der Waals surface area contributed by atoms with Crippen LogP contribution in [-0.2, 0) is 25.9 Å². The van der Waals surface area contributed by atoms with Crippen LogP contribution in [0.25, 0.3) is 0 Å². The molecule has 0 aromatic carbocycles. The molecule has 2 N–H and O–H groups in total. The van der Waals surface area contributed by atoms with Crippen LogP contribution in [-0.4, -0.2) is 4.57 Å². The lowest BCUT2D eigenvalue weighted by molar-refractivity contribution is 0.496. The molecule has 3 heteroatoms. The fourth-order valence-corrected chi connectivity index (χ4v) is 2.55. The van der Waals surface area contributed by atoms with Crippen molar-refractivity contribution in [2.75, 3.05) is 0 Å². The van der Waals surface area contributed by atoms with Crippen molar-refractivity contribution in [1.82, 2.24) is 4.57 Å². The van der Waals surface area contributed by atoms with Gasteiger partial charge < -0.3 is 10.3 Å². The Bertz CT molecular complexity index is 460. The molecular weight excluding hydrogens is 212 g/mol. The standard InChI is InChI=1S/C14H22N2O/c1-10(2)6-7-16-13-5-3-4-11(13)8-12(9-15)14(16)17/h8,10H,3-7,9,15H2,1-2H3. The first kappa shape index (κ1) is 12.4. The SMILES string of the molecule is CC(C)CCn1c2c(cc(CN)c1=O)CCC2. The van der Waals surface area contributed by atoms with Gasteiger partial charge in [-0.25, -0.2) is 0 Å². The highest BCUT2D eigenvalue weighted by molar-refractivity contribution is 5.30. The predicted octanol–water partition coefficient (Wildman–Crippen LogP) is 1.84. The number of aromatic nitrogens is 1. The number of rotatable bonds is 4. The summed E-state index contributed by atoms with van der Waals surface area (Å²) in [6, 6.07) is 2.02. The van der Waals surface area contributed by atoms with Gasteiger partial charge in [-0.2, -0.15) is 0 Å². The Morgan fingerprint density at radius 1 is 1.41 bits per heavy atom. The Labute approximate surface area is 103 Å². The third-order valence-corrected chi connectivity index (χ3v) is 3.57. The Morgan fingerprint density at radius 2 is 2.18 bits per heavy atom. The molecule has 1 heterocycles. The van der Waals surface area contributed by atoms with Gasteiger partial charge in [0.2, 0.25) is 0 Å². The Kier molecular flexibility index (Phi) is 3.67. The van der Waals surface area contributed by atoms with Crippen LogP contribution in [0.1, 0.15) is 43.5 Å². The third kappa shape index (κ3) is 2.44. The van der Waals surface area contributed by atoms with E-state index < -0.39 is 0 Å². The molecule has 0 saturated carbocycles. The van der Waals surface area contributed by atoms with Gasteiger partial charge in [-0.05, 0) is 43.2 Å². The van der Waals surface area contributed by atoms with Gasteiger partial charge in [0.25, 0.3) is 5.56 Å². The highest BCUT2D eigenvalue weighted by Crippen LogP contribution is 2.21. The number of fused-ring (bicyclic) bond motifs is 1. The summed E-state index contributed by atoms with van der Waals surface area (Å²) in [7, 11) is 0. The van der Waals surface area contributed by atoms with Crippen LogP contribution in [0.5, 0.6) is 0 Å². The quantitative estimate of drug-likeness (QED) is 0.864. The third-order valence-electron chi connectivity index (χ3n) is 3.57. The highest BCUT2D eigenvalue weighted by atomic mass is 16.1. The smallest absolute Gasteiger partial charge is 0.255 e. The Morgan fingerprint density at radius 3 is 2.82 bits per heavy atom. The molecule has 2 rings (SSSR count). The number of pyridine rings is 1. The van der Waals surface area contributed by atoms with Crippen LogP contribution in [0.15, 0.2) is 10.9 Å². The fraction of sp³-hybridized carbons (Fsp3) is 0.643. The average molecular weight is 234 g/mol. The zero-order valence-corrected chi connectivity index (χ0v) is 10.8. The van der Waals surface area contributed by atoms with Gasteiger partial charge in [0.05, 0.1) is 0 Å². The maximum absolute atomic E-state index is 12.3. The fourth-order valence-electron chi connectivity index (χ4n) is 2.55. The van der Waals surface area contributed by atoms with Gasteiger partial charge in [0, 0.05) is 24.3 Å². The topological polar surface area (TPSA) is 48.0 Å². The first-order chi connectivity index (χ1) is 8.13. The predicted molar refractivity (Wildman–Crippen MR) is 70.1 cm³/mol. The lowest BCUT2D eigenvalue weighted by Gasteiger charge is -2.15. The second kappa shape index (κ2) is 5.05. The zero-order chi connectivity index (χ0) is 12.4. The molecule has 0 fully saturated rings. The molecule has 0 bridgehead atoms. The van der Waals surface area contributed by atoms with Crippen molar-refractivity contribution in [1.29, 1.82) is 0 Å². The number of hydrogen-bond donors (Lipinski definition) is 1. The van der Waals surface area contributed by atoms with E-state index in [9.17, 15) is 4.79 Å². The van der Waals surface area contributed by atoms with E-state index in [4.69, 9.17) is 5.73 Å². The molecule has 94 valence electrons. The summed E-state index contributed by atoms with van der Waals surface area (Å²) in [4.78, 5) is 12.3. The molecule has 0 atom stereocenters. The van der Waals surface area contributed by atoms with E-state index in [1.165, 1.54) is 17.7 Å². The second-order valence-electron chi connectivity index (χ2n) is 5.34. The van der Waals surface area contributed by atoms with E-state index in [2.05, 4.69) is 13.8 Å². The lowest BCUT2D eigenvalue weighted by Crippen LogP contribution is -2.28. The minimum atomic E-state index is 0.133. The van der Waals surface area contributed by atoms with Crippen LogP contribution in [0.2, 0.25) is 0 Å². The van der Waals surface area contributed by atoms with Gasteiger partial charge in [-0.3, -0.25) is 4.79 Å². The van der Waals surface area contributed by atoms with Crippen molar-refractivity contribution in [2.45, 2.75) is 52.6 Å². The van der Waals surface area contributed by atoms with Crippen molar-refractivity contribution in [3.05, 3.63) is 33.2 Å². The zero-order valence-electron chi connectivity index (χ0n) is 10.8. The van der Waals surface area contributed by atoms with E-state index in [0.717, 1.165) is 31.4 Å². The van der Waals surface area contributed by atoms with Crippen LogP contribution >= 0.6 is 0 Å². The molecule has 17 heavy (non-hydrogen) atoms. The van der Waals surface area contributed by atoms with E-state index in [1.54, 1.807) is 0 Å². The van der Waals surface area contributed by atoms with Crippen LogP contribution in [0, 0.1) is 5.92 Å². The van der Waals surface area contributed by atoms with Crippen molar-refractivity contribution < 1.29 is 0 Å². The summed E-state index contributed by atoms with van der Waals surface area (Å²) >= 11 is 0. The van der Waals surface area contributed by atoms with Gasteiger partial charge >= 0.3 is 0 Å². The van der Waals surface area contributed by atoms with Crippen molar-refractivity contribution in [3.8, 4) is 0 Å². The highest BCUT2D eigenvalue weighted by Gasteiger charge is 2.18. The maximum atomic E-state index is 12.3. The van der Waals surface area contributed by atoms with Crippen molar-refractivity contribution >= 4 is 0 Å². The number of nitrogens with zero attached hydrogens (tertiary/aromatic N) is 1. The normalized spacial score (nSPS) is 14.4. The minimum Gasteiger partial charge on any atom is -0.326 e. The molecule has 0 unspecified atom stereocenters. The first-order valence-electron chi connectivity index (χ1n) is 6.58. The average Bonchev–Trinajstić information content (AvgIpc) is 2.74. The summed E-state index contributed by atoms with van der Waals surface area (Å²) in [6.45, 7) is 5.58. The molecular formula is C14H22N2O. The second-order valence-corrected chi connectivity index (χ2v) is 5.34. The van der Waals surface area contributed by atoms with Gasteiger partial charge in [0.15, 0.2) is 0 Å². The van der Waals surface area contributed by atoms with Crippen LogP contribution < -0.4 is 11.3 Å². The monoisotopic (exact) mass is 234 g/mol. The summed E-state index contributed by atoms with van der Waals surface area (Å²) in [5, 5.41) is 0. The molecule has 1 aliphatic rings. The molecule has 0 amide bonds. The minimum absolute atomic E-state index is 0.133. The molecule has 1 aromatic rings. The summed E-state index contributed by atoms with van der Waals surface area (Å²) in [6.07, 6.45) is 4.38. The first-order valence-corrected chi connectivity index (χ1v) is 6.58. The van der Waals surface area contributed by atoms with Crippen molar-refractivity contribution in [3.63, 3.8) is 0 Å². The molecule has 3 nitrogen and oxygen atoms in total. The van der Waals surface area contributed by atoms with Gasteiger partial charge in [-0.15, -0.1) is 0 Å². The van der Waals surface area contributed by atoms with E-state index in [-0.39, 0.29) is 5.56 Å². The van der Waals surface area contributed by atoms with Gasteiger partial charge in [0.1, 0.15) is 0 Å². The van der Waals surface area contributed by atoms with Gasteiger partial charge in [-0.1, -0.05) is 13.8 Å². The Hall–Kier alpha value is -1.09. The largest absolute Gasteiger partial charge is 0.326 e. The molecule has 0 saturated heterocycles. The lowest BCUT2D eigenvalue weighted by atomic mass is 10.1. The molecule has 1 aromatic heterocycles. The molecule has 0 radical (unpaired) electrons. The van der Waals surface area contributed by atoms with E-state index >= 15 is 0 Å². The van der Waals surface area contributed by atoms with E-state index in [0.29, 0.717) is 12.5 Å². The van der Waals surface area contributed by atoms with E-state index in [1.807, 2.05) is 10.6 Å². The van der Waals surface area contributed by atoms with Crippen LogP contribution in [0.3, 0.4) is 0 Å². The number of aryl methyl sites for hydroxylation is 1. The molecule has 1 aliphatic carbocycles. The summed E-state index contributed by atoms with van der Waals surface area (Å²) in [5.74, 6) is 0.625. The Balaban J connectivity index is 2.41. The van der Waals surface area contributed by atoms with Crippen LogP contribution in [0.4, 0.5) is 0 Å². The molecule has 0 aliphatic heterocycles. The van der Waals surface area contributed by atoms with Crippen molar-refractivity contribution in [2.24, 2.45) is 11.7 Å². The maximum Gasteiger partial charge on any atom is 0.255 e. The summed E-state index contributed by atoms with van der Waals surface area (Å²) < 4.78 is 1.98. The summed E-state index contributed by atoms with van der Waals surface area (Å²) in [5.41, 5.74) is 9.16. The number of hydrogen-bond acceptors (Lipinski definition) is 2.